The van der Waals surface area contributed by atoms with Crippen LogP contribution in [0, 0.1) is 18.3 Å². The molecule has 10 heteroatoms. The van der Waals surface area contributed by atoms with Gasteiger partial charge < -0.3 is 10.6 Å². The number of aryl methyl sites for hydroxylation is 1. The Labute approximate surface area is 172 Å². The fourth-order valence-electron chi connectivity index (χ4n) is 4.64. The molecule has 2 fully saturated rings. The van der Waals surface area contributed by atoms with Gasteiger partial charge in [-0.15, -0.1) is 11.3 Å². The summed E-state index contributed by atoms with van der Waals surface area (Å²) in [7, 11) is 0. The maximum Gasteiger partial charge on any atom is 0.227 e. The molecule has 0 aromatic carbocycles. The summed E-state index contributed by atoms with van der Waals surface area (Å²) in [6, 6.07) is 5.65. The second-order valence-corrected chi connectivity index (χ2v) is 8.66. The first-order valence-electron chi connectivity index (χ1n) is 9.99. The zero-order valence-electron chi connectivity index (χ0n) is 16.2. The summed E-state index contributed by atoms with van der Waals surface area (Å²) in [6.07, 6.45) is 5.15. The first kappa shape index (κ1) is 18.3. The third kappa shape index (κ3) is 3.63. The summed E-state index contributed by atoms with van der Waals surface area (Å²) >= 11 is 1.52. The highest BCUT2D eigenvalue weighted by Crippen LogP contribution is 2.37. The zero-order valence-corrected chi connectivity index (χ0v) is 17.0. The van der Waals surface area contributed by atoms with Crippen LogP contribution in [0.5, 0.6) is 0 Å². The van der Waals surface area contributed by atoms with Crippen molar-refractivity contribution in [2.75, 3.05) is 17.2 Å². The number of piperidine rings is 1. The summed E-state index contributed by atoms with van der Waals surface area (Å²) < 4.78 is 0.919. The molecule has 0 spiro atoms. The molecule has 2 aliphatic heterocycles. The molecule has 5 heterocycles. The molecule has 0 amide bonds. The number of nitrogens with one attached hydrogen (secondary N) is 3. The molecule has 3 aromatic heterocycles. The molecule has 150 valence electrons. The molecule has 5 rings (SSSR count). The van der Waals surface area contributed by atoms with Gasteiger partial charge in [-0.05, 0) is 32.6 Å². The summed E-state index contributed by atoms with van der Waals surface area (Å²) in [5.41, 5.74) is 3.47. The van der Waals surface area contributed by atoms with E-state index in [2.05, 4.69) is 41.8 Å². The molecule has 0 radical (unpaired) electrons. The minimum atomic E-state index is 0.336. The van der Waals surface area contributed by atoms with Crippen LogP contribution in [0.4, 0.5) is 17.6 Å². The summed E-state index contributed by atoms with van der Waals surface area (Å²) in [4.78, 5) is 16.3. The van der Waals surface area contributed by atoms with Gasteiger partial charge in [0.1, 0.15) is 4.70 Å². The van der Waals surface area contributed by atoms with Gasteiger partial charge in [0.05, 0.1) is 11.6 Å². The first-order valence-corrected chi connectivity index (χ1v) is 10.9. The molecule has 3 aromatic rings. The van der Waals surface area contributed by atoms with Crippen molar-refractivity contribution in [3.63, 3.8) is 0 Å². The predicted octanol–water partition coefficient (Wildman–Crippen LogP) is 3.18. The van der Waals surface area contributed by atoms with Gasteiger partial charge in [0.2, 0.25) is 5.95 Å². The van der Waals surface area contributed by atoms with E-state index in [-0.39, 0.29) is 0 Å². The number of rotatable bonds is 6. The van der Waals surface area contributed by atoms with Crippen LogP contribution in [0.3, 0.4) is 0 Å². The summed E-state index contributed by atoms with van der Waals surface area (Å²) in [5, 5.41) is 22.9. The minimum absolute atomic E-state index is 0.336. The van der Waals surface area contributed by atoms with Gasteiger partial charge in [-0.25, -0.2) is 4.98 Å². The lowest BCUT2D eigenvalue weighted by Crippen LogP contribution is -2.47. The van der Waals surface area contributed by atoms with Crippen LogP contribution < -0.4 is 10.6 Å². The topological polar surface area (TPSA) is 118 Å². The van der Waals surface area contributed by atoms with E-state index < -0.39 is 0 Å². The van der Waals surface area contributed by atoms with Crippen molar-refractivity contribution in [2.45, 2.75) is 57.2 Å². The molecule has 2 aliphatic rings. The average molecular weight is 410 g/mol. The molecular formula is C19H23N9S. The lowest BCUT2D eigenvalue weighted by molar-refractivity contribution is 0.135. The van der Waals surface area contributed by atoms with Gasteiger partial charge in [-0.2, -0.15) is 20.3 Å². The van der Waals surface area contributed by atoms with Crippen molar-refractivity contribution in [3.05, 3.63) is 17.3 Å². The number of nitriles is 1. The number of hydrogen-bond acceptors (Lipinski definition) is 9. The van der Waals surface area contributed by atoms with Crippen LogP contribution in [0.1, 0.15) is 37.8 Å². The second-order valence-electron chi connectivity index (χ2n) is 7.81. The predicted molar refractivity (Wildman–Crippen MR) is 112 cm³/mol. The Kier molecular flexibility index (Phi) is 4.77. The van der Waals surface area contributed by atoms with Crippen LogP contribution >= 0.6 is 11.3 Å². The van der Waals surface area contributed by atoms with Gasteiger partial charge >= 0.3 is 0 Å². The monoisotopic (exact) mass is 409 g/mol. The Bertz CT molecular complexity index is 1040. The van der Waals surface area contributed by atoms with Crippen LogP contribution in [-0.4, -0.2) is 54.7 Å². The smallest absolute Gasteiger partial charge is 0.227 e. The Morgan fingerprint density at radius 3 is 2.86 bits per heavy atom. The van der Waals surface area contributed by atoms with E-state index in [1.807, 2.05) is 13.0 Å². The number of H-pyrrole nitrogens is 1. The van der Waals surface area contributed by atoms with Gasteiger partial charge in [0, 0.05) is 42.9 Å². The highest BCUT2D eigenvalue weighted by molar-refractivity contribution is 7.17. The normalized spacial score (nSPS) is 23.9. The van der Waals surface area contributed by atoms with Crippen molar-refractivity contribution in [3.8, 4) is 6.07 Å². The molecule has 2 unspecified atom stereocenters. The van der Waals surface area contributed by atoms with Gasteiger partial charge in [-0.1, -0.05) is 0 Å². The standard InChI is InChI=1S/C19H23N9S/c1-11-7-15(27-26-11)23-18-16-17(21-10-29-16)24-19(25-18)22-12-8-13-3-4-14(9-12)28(13)6-2-5-20/h7,10,12-14H,2-4,6,8-9H2,1H3,(H3,22,23,24,25,26,27). The summed E-state index contributed by atoms with van der Waals surface area (Å²) in [5.74, 6) is 2.06. The van der Waals surface area contributed by atoms with E-state index in [4.69, 9.17) is 10.2 Å². The third-order valence-corrected chi connectivity index (χ3v) is 6.67. The van der Waals surface area contributed by atoms with Crippen molar-refractivity contribution >= 4 is 39.3 Å². The molecule has 0 saturated carbocycles. The minimum Gasteiger partial charge on any atom is -0.351 e. The van der Waals surface area contributed by atoms with Crippen LogP contribution in [0.25, 0.3) is 10.3 Å². The van der Waals surface area contributed by atoms with E-state index >= 15 is 0 Å². The quantitative estimate of drug-likeness (QED) is 0.568. The van der Waals surface area contributed by atoms with Crippen molar-refractivity contribution < 1.29 is 0 Å². The number of aromatic amines is 1. The Balaban J connectivity index is 1.34. The lowest BCUT2D eigenvalue weighted by Gasteiger charge is -2.38. The fourth-order valence-corrected chi connectivity index (χ4v) is 5.31. The number of aromatic nitrogens is 5. The fraction of sp³-hybridized carbons (Fsp3) is 0.526. The van der Waals surface area contributed by atoms with E-state index in [9.17, 15) is 0 Å². The van der Waals surface area contributed by atoms with Gasteiger partial charge in [0.25, 0.3) is 0 Å². The van der Waals surface area contributed by atoms with E-state index in [0.717, 1.165) is 41.4 Å². The largest absolute Gasteiger partial charge is 0.351 e. The van der Waals surface area contributed by atoms with Crippen LogP contribution in [0.2, 0.25) is 0 Å². The SMILES string of the molecule is Cc1cc(Nc2nc(NC3CC4CCC(C3)N4CCC#N)nc3ncsc23)n[nH]1. The highest BCUT2D eigenvalue weighted by atomic mass is 32.1. The van der Waals surface area contributed by atoms with Crippen LogP contribution in [-0.2, 0) is 0 Å². The van der Waals surface area contributed by atoms with Crippen LogP contribution in [0.15, 0.2) is 11.6 Å². The second kappa shape index (κ2) is 7.57. The molecule has 0 aliphatic carbocycles. The number of anilines is 3. The number of hydrogen-bond donors (Lipinski definition) is 3. The van der Waals surface area contributed by atoms with Crippen molar-refractivity contribution in [1.29, 1.82) is 5.26 Å². The highest BCUT2D eigenvalue weighted by Gasteiger charge is 2.40. The van der Waals surface area contributed by atoms with Crippen molar-refractivity contribution in [1.82, 2.24) is 30.0 Å². The maximum absolute atomic E-state index is 8.92. The molecule has 2 bridgehead atoms. The molecule has 3 N–H and O–H groups in total. The summed E-state index contributed by atoms with van der Waals surface area (Å²) in [6.45, 7) is 2.85. The van der Waals surface area contributed by atoms with Gasteiger partial charge in [-0.3, -0.25) is 10.00 Å². The lowest BCUT2D eigenvalue weighted by atomic mass is 9.97. The van der Waals surface area contributed by atoms with Crippen molar-refractivity contribution in [2.24, 2.45) is 0 Å². The van der Waals surface area contributed by atoms with Gasteiger partial charge in [0.15, 0.2) is 17.3 Å². The zero-order chi connectivity index (χ0) is 19.8. The number of thiazole rings is 1. The first-order chi connectivity index (χ1) is 14.2. The molecule has 29 heavy (non-hydrogen) atoms. The van der Waals surface area contributed by atoms with E-state index in [1.54, 1.807) is 5.51 Å². The Hall–Kier alpha value is -2.77. The van der Waals surface area contributed by atoms with E-state index in [1.165, 1.54) is 24.2 Å². The molecule has 2 saturated heterocycles. The number of fused-ring (bicyclic) bond motifs is 3. The average Bonchev–Trinajstić information content (AvgIpc) is 3.39. The number of nitrogens with zero attached hydrogens (tertiary/aromatic N) is 6. The Morgan fingerprint density at radius 1 is 1.31 bits per heavy atom. The molecule has 2 atom stereocenters. The third-order valence-electron chi connectivity index (χ3n) is 5.84. The maximum atomic E-state index is 8.92. The van der Waals surface area contributed by atoms with E-state index in [0.29, 0.717) is 36.1 Å². The molecular weight excluding hydrogens is 386 g/mol. The Morgan fingerprint density at radius 2 is 2.14 bits per heavy atom. The molecule has 9 nitrogen and oxygen atoms in total.